The summed E-state index contributed by atoms with van der Waals surface area (Å²) in [6.45, 7) is 9.26. The molecule has 0 saturated carbocycles. The van der Waals surface area contributed by atoms with Gasteiger partial charge in [0.1, 0.15) is 5.76 Å². The quantitative estimate of drug-likeness (QED) is 0.495. The van der Waals surface area contributed by atoms with Gasteiger partial charge in [-0.1, -0.05) is 32.4 Å². The van der Waals surface area contributed by atoms with Crippen molar-refractivity contribution in [1.82, 2.24) is 15.6 Å². The first-order valence-electron chi connectivity index (χ1n) is 8.14. The van der Waals surface area contributed by atoms with Crippen molar-refractivity contribution < 1.29 is 9.15 Å². The number of guanidine groups is 1. The number of nitrogens with one attached hydrogen (secondary N) is 2. The van der Waals surface area contributed by atoms with Crippen LogP contribution in [0.15, 0.2) is 27.3 Å². The first-order chi connectivity index (χ1) is 11.0. The van der Waals surface area contributed by atoms with E-state index in [0.29, 0.717) is 12.4 Å². The SMILES string of the molecule is CN=C(NCCC1=CCOCC1)NCc1ncc(C(C)(C)C)o1. The molecule has 23 heavy (non-hydrogen) atoms. The Morgan fingerprint density at radius 3 is 2.78 bits per heavy atom. The van der Waals surface area contributed by atoms with Crippen LogP contribution in [0.2, 0.25) is 0 Å². The third kappa shape index (κ3) is 5.71. The van der Waals surface area contributed by atoms with E-state index in [9.17, 15) is 0 Å². The van der Waals surface area contributed by atoms with Crippen molar-refractivity contribution in [2.24, 2.45) is 4.99 Å². The maximum Gasteiger partial charge on any atom is 0.213 e. The zero-order valence-corrected chi connectivity index (χ0v) is 14.6. The standard InChI is InChI=1S/C17H28N4O2/c1-17(2,3)14-11-20-15(23-14)12-21-16(18-4)19-8-5-13-6-9-22-10-7-13/h6,11H,5,7-10,12H2,1-4H3,(H2,18,19,21). The summed E-state index contributed by atoms with van der Waals surface area (Å²) in [6.07, 6.45) is 6.00. The molecule has 1 aliphatic rings. The largest absolute Gasteiger partial charge is 0.443 e. The molecule has 0 fully saturated rings. The minimum Gasteiger partial charge on any atom is -0.443 e. The predicted octanol–water partition coefficient (Wildman–Crippen LogP) is 2.37. The van der Waals surface area contributed by atoms with Gasteiger partial charge in [0.25, 0.3) is 0 Å². The molecule has 0 radical (unpaired) electrons. The van der Waals surface area contributed by atoms with Crippen LogP contribution in [-0.2, 0) is 16.7 Å². The van der Waals surface area contributed by atoms with Crippen LogP contribution in [0.5, 0.6) is 0 Å². The fraction of sp³-hybridized carbons (Fsp3) is 0.647. The summed E-state index contributed by atoms with van der Waals surface area (Å²) in [5, 5.41) is 6.54. The maximum atomic E-state index is 5.76. The van der Waals surface area contributed by atoms with Gasteiger partial charge in [0, 0.05) is 19.0 Å². The van der Waals surface area contributed by atoms with Crippen LogP contribution >= 0.6 is 0 Å². The van der Waals surface area contributed by atoms with Gasteiger partial charge in [-0.25, -0.2) is 4.98 Å². The summed E-state index contributed by atoms with van der Waals surface area (Å²) in [5.41, 5.74) is 1.42. The molecular weight excluding hydrogens is 292 g/mol. The number of ether oxygens (including phenoxy) is 1. The summed E-state index contributed by atoms with van der Waals surface area (Å²) in [4.78, 5) is 8.53. The number of aliphatic imine (C=N–C) groups is 1. The number of hydrogen-bond donors (Lipinski definition) is 2. The average molecular weight is 320 g/mol. The summed E-state index contributed by atoms with van der Waals surface area (Å²) in [7, 11) is 1.76. The molecule has 2 heterocycles. The third-order valence-electron chi connectivity index (χ3n) is 3.72. The molecule has 6 nitrogen and oxygen atoms in total. The maximum absolute atomic E-state index is 5.76. The molecule has 128 valence electrons. The molecule has 2 rings (SSSR count). The Labute approximate surface area is 138 Å². The second-order valence-electron chi connectivity index (χ2n) is 6.66. The highest BCUT2D eigenvalue weighted by atomic mass is 16.5. The molecular formula is C17H28N4O2. The third-order valence-corrected chi connectivity index (χ3v) is 3.72. The molecule has 1 aromatic rings. The van der Waals surface area contributed by atoms with Gasteiger partial charge < -0.3 is 19.8 Å². The Bertz CT molecular complexity index is 555. The Balaban J connectivity index is 1.74. The van der Waals surface area contributed by atoms with Gasteiger partial charge in [0.05, 0.1) is 26.0 Å². The molecule has 0 unspecified atom stereocenters. The topological polar surface area (TPSA) is 71.7 Å². The van der Waals surface area contributed by atoms with Gasteiger partial charge >= 0.3 is 0 Å². The number of hydrogen-bond acceptors (Lipinski definition) is 4. The molecule has 0 saturated heterocycles. The van der Waals surface area contributed by atoms with Crippen molar-refractivity contribution >= 4 is 5.96 Å². The minimum absolute atomic E-state index is 0.0252. The first-order valence-corrected chi connectivity index (χ1v) is 8.14. The Kier molecular flexibility index (Phi) is 6.21. The van der Waals surface area contributed by atoms with Crippen molar-refractivity contribution in [1.29, 1.82) is 0 Å². The monoisotopic (exact) mass is 320 g/mol. The molecule has 0 atom stereocenters. The normalized spacial score (nSPS) is 16.2. The zero-order chi connectivity index (χ0) is 16.7. The lowest BCUT2D eigenvalue weighted by Crippen LogP contribution is -2.37. The second kappa shape index (κ2) is 8.15. The van der Waals surface area contributed by atoms with Crippen LogP contribution in [0.4, 0.5) is 0 Å². The van der Waals surface area contributed by atoms with Gasteiger partial charge in [-0.05, 0) is 12.8 Å². The highest BCUT2D eigenvalue weighted by Gasteiger charge is 2.19. The number of oxazole rings is 1. The molecule has 0 aliphatic carbocycles. The van der Waals surface area contributed by atoms with Crippen molar-refractivity contribution in [2.75, 3.05) is 26.8 Å². The molecule has 0 aromatic carbocycles. The van der Waals surface area contributed by atoms with Crippen molar-refractivity contribution in [3.63, 3.8) is 0 Å². The summed E-state index contributed by atoms with van der Waals surface area (Å²) in [5.74, 6) is 2.32. The van der Waals surface area contributed by atoms with Crippen LogP contribution in [0, 0.1) is 0 Å². The van der Waals surface area contributed by atoms with Crippen LogP contribution in [0.1, 0.15) is 45.3 Å². The lowest BCUT2D eigenvalue weighted by atomic mass is 9.94. The average Bonchev–Trinajstić information content (AvgIpc) is 3.01. The van der Waals surface area contributed by atoms with E-state index in [0.717, 1.165) is 44.3 Å². The number of aromatic nitrogens is 1. The predicted molar refractivity (Wildman–Crippen MR) is 91.5 cm³/mol. The highest BCUT2D eigenvalue weighted by Crippen LogP contribution is 2.22. The van der Waals surface area contributed by atoms with Crippen molar-refractivity contribution in [3.05, 3.63) is 29.5 Å². The van der Waals surface area contributed by atoms with E-state index in [-0.39, 0.29) is 5.41 Å². The van der Waals surface area contributed by atoms with E-state index < -0.39 is 0 Å². The molecule has 0 spiro atoms. The molecule has 1 aromatic heterocycles. The van der Waals surface area contributed by atoms with E-state index in [1.54, 1.807) is 13.2 Å². The first kappa shape index (κ1) is 17.5. The van der Waals surface area contributed by atoms with Gasteiger partial charge in [-0.2, -0.15) is 0 Å². The number of nitrogens with zero attached hydrogens (tertiary/aromatic N) is 2. The number of rotatable bonds is 5. The van der Waals surface area contributed by atoms with E-state index in [2.05, 4.69) is 47.5 Å². The summed E-state index contributed by atoms with van der Waals surface area (Å²) in [6, 6.07) is 0. The lowest BCUT2D eigenvalue weighted by Gasteiger charge is -2.15. The van der Waals surface area contributed by atoms with Gasteiger partial charge in [-0.15, -0.1) is 0 Å². The molecule has 0 bridgehead atoms. The second-order valence-corrected chi connectivity index (χ2v) is 6.66. The van der Waals surface area contributed by atoms with Gasteiger partial charge in [-0.3, -0.25) is 4.99 Å². The lowest BCUT2D eigenvalue weighted by molar-refractivity contribution is 0.153. The van der Waals surface area contributed by atoms with Gasteiger partial charge in [0.2, 0.25) is 5.89 Å². The van der Waals surface area contributed by atoms with Crippen LogP contribution in [0.3, 0.4) is 0 Å². The summed E-state index contributed by atoms with van der Waals surface area (Å²) < 4.78 is 11.1. The van der Waals surface area contributed by atoms with Crippen LogP contribution in [-0.4, -0.2) is 37.7 Å². The van der Waals surface area contributed by atoms with E-state index in [1.807, 2.05) is 0 Å². The van der Waals surface area contributed by atoms with Crippen molar-refractivity contribution in [3.8, 4) is 0 Å². The minimum atomic E-state index is -0.0252. The smallest absolute Gasteiger partial charge is 0.213 e. The highest BCUT2D eigenvalue weighted by molar-refractivity contribution is 5.79. The van der Waals surface area contributed by atoms with Gasteiger partial charge in [0.15, 0.2) is 5.96 Å². The van der Waals surface area contributed by atoms with E-state index in [4.69, 9.17) is 9.15 Å². The molecule has 1 aliphatic heterocycles. The van der Waals surface area contributed by atoms with E-state index in [1.165, 1.54) is 5.57 Å². The molecule has 6 heteroatoms. The fourth-order valence-electron chi connectivity index (χ4n) is 2.25. The Morgan fingerprint density at radius 1 is 1.35 bits per heavy atom. The zero-order valence-electron chi connectivity index (χ0n) is 14.6. The van der Waals surface area contributed by atoms with Crippen LogP contribution in [0.25, 0.3) is 0 Å². The Hall–Kier alpha value is -1.82. The Morgan fingerprint density at radius 2 is 2.17 bits per heavy atom. The summed E-state index contributed by atoms with van der Waals surface area (Å²) >= 11 is 0. The fourth-order valence-corrected chi connectivity index (χ4v) is 2.25. The molecule has 2 N–H and O–H groups in total. The van der Waals surface area contributed by atoms with E-state index >= 15 is 0 Å². The molecule has 0 amide bonds. The van der Waals surface area contributed by atoms with Crippen molar-refractivity contribution in [2.45, 2.75) is 45.6 Å². The van der Waals surface area contributed by atoms with Crippen LogP contribution < -0.4 is 10.6 Å².